The summed E-state index contributed by atoms with van der Waals surface area (Å²) in [5.74, 6) is -1.07. The third-order valence-electron chi connectivity index (χ3n) is 5.49. The number of thiophene rings is 1. The summed E-state index contributed by atoms with van der Waals surface area (Å²) in [6.07, 6.45) is 3.93. The Balaban J connectivity index is 1.67. The molecule has 0 aliphatic heterocycles. The zero-order valence-electron chi connectivity index (χ0n) is 17.0. The molecule has 1 amide bonds. The van der Waals surface area contributed by atoms with Gasteiger partial charge in [0.25, 0.3) is 5.91 Å². The molecular formula is C25H18FN3O2S. The summed E-state index contributed by atoms with van der Waals surface area (Å²) in [5.41, 5.74) is 2.50. The summed E-state index contributed by atoms with van der Waals surface area (Å²) in [6.45, 7) is 0. The molecule has 1 aliphatic carbocycles. The predicted molar refractivity (Wildman–Crippen MR) is 121 cm³/mol. The van der Waals surface area contributed by atoms with Crippen LogP contribution in [0, 0.1) is 17.1 Å². The van der Waals surface area contributed by atoms with Gasteiger partial charge in [-0.2, -0.15) is 5.26 Å². The molecule has 2 aromatic heterocycles. The van der Waals surface area contributed by atoms with E-state index in [1.165, 1.54) is 28.3 Å². The Labute approximate surface area is 187 Å². The second kappa shape index (κ2) is 8.40. The minimum Gasteiger partial charge on any atom is -0.437 e. The number of carbonyl (C=O) groups is 1. The van der Waals surface area contributed by atoms with Crippen LogP contribution in [-0.4, -0.2) is 5.91 Å². The van der Waals surface area contributed by atoms with Crippen LogP contribution in [0.15, 0.2) is 64.0 Å². The van der Waals surface area contributed by atoms with Crippen molar-refractivity contribution < 1.29 is 13.6 Å². The number of nitrogens with zero attached hydrogens (tertiary/aromatic N) is 2. The molecule has 0 bridgehead atoms. The predicted octanol–water partition coefficient (Wildman–Crippen LogP) is 5.87. The van der Waals surface area contributed by atoms with Crippen molar-refractivity contribution in [2.45, 2.75) is 25.7 Å². The number of aryl methyl sites for hydroxylation is 1. The van der Waals surface area contributed by atoms with Crippen LogP contribution in [0.25, 0.3) is 11.0 Å². The number of benzene rings is 2. The van der Waals surface area contributed by atoms with Crippen molar-refractivity contribution in [3.63, 3.8) is 0 Å². The number of para-hydroxylation sites is 2. The van der Waals surface area contributed by atoms with Crippen LogP contribution in [0.4, 0.5) is 15.1 Å². The molecule has 2 aromatic carbocycles. The topological polar surface area (TPSA) is 78.4 Å². The van der Waals surface area contributed by atoms with Crippen LogP contribution in [0.1, 0.15) is 39.2 Å². The van der Waals surface area contributed by atoms with Gasteiger partial charge in [0.1, 0.15) is 28.0 Å². The van der Waals surface area contributed by atoms with Gasteiger partial charge in [0.15, 0.2) is 0 Å². The summed E-state index contributed by atoms with van der Waals surface area (Å²) in [6, 6.07) is 17.2. The Morgan fingerprint density at radius 2 is 1.91 bits per heavy atom. The van der Waals surface area contributed by atoms with Gasteiger partial charge in [0.2, 0.25) is 5.55 Å². The standard InChI is InChI=1S/C25H18FN3O2S/c26-19-9-3-4-10-20(19)28-23(30)17-13-15-7-1-5-11-21(15)31-24(17)29-25-18(14-27)16-8-2-6-12-22(16)32-25/h1,3-5,7,9-11,13H,2,6,8,12H2,(H,28,30)/b29-24+. The van der Waals surface area contributed by atoms with Gasteiger partial charge in [-0.1, -0.05) is 30.3 Å². The molecule has 32 heavy (non-hydrogen) atoms. The van der Waals surface area contributed by atoms with Crippen LogP contribution in [0.5, 0.6) is 0 Å². The highest BCUT2D eigenvalue weighted by Gasteiger charge is 2.21. The molecule has 0 spiro atoms. The van der Waals surface area contributed by atoms with Crippen molar-refractivity contribution in [1.82, 2.24) is 0 Å². The zero-order chi connectivity index (χ0) is 22.1. The van der Waals surface area contributed by atoms with Crippen molar-refractivity contribution in [3.8, 4) is 6.07 Å². The Kier molecular flexibility index (Phi) is 5.29. The molecule has 0 unspecified atom stereocenters. The fourth-order valence-corrected chi connectivity index (χ4v) is 5.11. The highest BCUT2D eigenvalue weighted by Crippen LogP contribution is 2.39. The van der Waals surface area contributed by atoms with E-state index in [2.05, 4.69) is 16.4 Å². The molecule has 0 atom stereocenters. The molecule has 1 N–H and O–H groups in total. The molecule has 1 aliphatic rings. The Morgan fingerprint density at radius 3 is 2.75 bits per heavy atom. The van der Waals surface area contributed by atoms with E-state index in [4.69, 9.17) is 4.42 Å². The average Bonchev–Trinajstić information content (AvgIpc) is 3.17. The van der Waals surface area contributed by atoms with E-state index in [-0.39, 0.29) is 16.8 Å². The number of nitriles is 1. The molecule has 5 nitrogen and oxygen atoms in total. The fourth-order valence-electron chi connectivity index (χ4n) is 3.90. The van der Waals surface area contributed by atoms with E-state index in [0.717, 1.165) is 36.6 Å². The van der Waals surface area contributed by atoms with Gasteiger partial charge in [-0.05, 0) is 55.5 Å². The molecular weight excluding hydrogens is 425 g/mol. The molecule has 0 saturated heterocycles. The van der Waals surface area contributed by atoms with Crippen molar-refractivity contribution in [3.05, 3.63) is 87.5 Å². The van der Waals surface area contributed by atoms with Crippen LogP contribution < -0.4 is 10.9 Å². The van der Waals surface area contributed by atoms with Crippen LogP contribution >= 0.6 is 11.3 Å². The lowest BCUT2D eigenvalue weighted by Crippen LogP contribution is -2.22. The van der Waals surface area contributed by atoms with Crippen LogP contribution in [0.2, 0.25) is 0 Å². The molecule has 2 heterocycles. The molecule has 5 rings (SSSR count). The third-order valence-corrected chi connectivity index (χ3v) is 6.68. The van der Waals surface area contributed by atoms with Gasteiger partial charge in [-0.25, -0.2) is 9.38 Å². The molecule has 0 radical (unpaired) electrons. The highest BCUT2D eigenvalue weighted by molar-refractivity contribution is 7.16. The SMILES string of the molecule is N#Cc1c(/N=c2/oc3ccccc3cc2C(=O)Nc2ccccc2F)sc2c1CCCC2. The Morgan fingerprint density at radius 1 is 1.12 bits per heavy atom. The number of rotatable bonds is 3. The monoisotopic (exact) mass is 443 g/mol. The van der Waals surface area contributed by atoms with Gasteiger partial charge >= 0.3 is 0 Å². The molecule has 4 aromatic rings. The molecule has 158 valence electrons. The number of amides is 1. The lowest BCUT2D eigenvalue weighted by Gasteiger charge is -2.09. The second-order valence-corrected chi connectivity index (χ2v) is 8.64. The van der Waals surface area contributed by atoms with Gasteiger partial charge in [-0.3, -0.25) is 4.79 Å². The Hall–Kier alpha value is -3.76. The van der Waals surface area contributed by atoms with Crippen molar-refractivity contribution in [2.75, 3.05) is 5.32 Å². The lowest BCUT2D eigenvalue weighted by molar-refractivity contribution is 0.102. The van der Waals surface area contributed by atoms with Crippen LogP contribution in [-0.2, 0) is 12.8 Å². The first kappa shape index (κ1) is 20.2. The zero-order valence-corrected chi connectivity index (χ0v) is 17.8. The van der Waals surface area contributed by atoms with Crippen molar-refractivity contribution in [1.29, 1.82) is 5.26 Å². The number of hydrogen-bond acceptors (Lipinski definition) is 5. The van der Waals surface area contributed by atoms with Crippen LogP contribution in [0.3, 0.4) is 0 Å². The quantitative estimate of drug-likeness (QED) is 0.430. The van der Waals surface area contributed by atoms with Gasteiger partial charge in [-0.15, -0.1) is 11.3 Å². The molecule has 0 saturated carbocycles. The van der Waals surface area contributed by atoms with E-state index in [1.54, 1.807) is 24.3 Å². The number of nitrogens with one attached hydrogen (secondary N) is 1. The number of halogens is 1. The normalized spacial score (nSPS) is 13.6. The molecule has 0 fully saturated rings. The summed E-state index contributed by atoms with van der Waals surface area (Å²) >= 11 is 1.47. The van der Waals surface area contributed by atoms with Crippen molar-refractivity contribution >= 4 is 38.9 Å². The number of fused-ring (bicyclic) bond motifs is 2. The first-order valence-corrected chi connectivity index (χ1v) is 11.1. The highest BCUT2D eigenvalue weighted by atomic mass is 32.1. The number of hydrogen-bond donors (Lipinski definition) is 1. The fraction of sp³-hybridized carbons (Fsp3) is 0.160. The summed E-state index contributed by atoms with van der Waals surface area (Å²) in [7, 11) is 0. The lowest BCUT2D eigenvalue weighted by atomic mass is 9.96. The first-order valence-electron chi connectivity index (χ1n) is 10.3. The number of anilines is 1. The van der Waals surface area contributed by atoms with E-state index in [1.807, 2.05) is 18.2 Å². The summed E-state index contributed by atoms with van der Waals surface area (Å²) < 4.78 is 20.1. The van der Waals surface area contributed by atoms with E-state index < -0.39 is 11.7 Å². The maximum atomic E-state index is 14.1. The first-order chi connectivity index (χ1) is 15.6. The van der Waals surface area contributed by atoms with Crippen molar-refractivity contribution in [2.24, 2.45) is 4.99 Å². The summed E-state index contributed by atoms with van der Waals surface area (Å²) in [5, 5.41) is 13.6. The van der Waals surface area contributed by atoms with Gasteiger partial charge in [0, 0.05) is 10.3 Å². The van der Waals surface area contributed by atoms with E-state index in [0.29, 0.717) is 16.1 Å². The largest absolute Gasteiger partial charge is 0.437 e. The Bertz CT molecular complexity index is 1460. The van der Waals surface area contributed by atoms with Gasteiger partial charge in [0.05, 0.1) is 11.3 Å². The minimum atomic E-state index is -0.539. The maximum absolute atomic E-state index is 14.1. The van der Waals surface area contributed by atoms with E-state index >= 15 is 0 Å². The minimum absolute atomic E-state index is 0.0703. The van der Waals surface area contributed by atoms with Gasteiger partial charge < -0.3 is 9.73 Å². The second-order valence-electron chi connectivity index (χ2n) is 7.55. The third kappa shape index (κ3) is 3.70. The smallest absolute Gasteiger partial charge is 0.261 e. The maximum Gasteiger partial charge on any atom is 0.261 e. The number of carbonyl (C=O) groups excluding carboxylic acids is 1. The summed E-state index contributed by atoms with van der Waals surface area (Å²) in [4.78, 5) is 18.9. The van der Waals surface area contributed by atoms with E-state index in [9.17, 15) is 14.4 Å². The average molecular weight is 444 g/mol. The molecule has 7 heteroatoms.